The van der Waals surface area contributed by atoms with E-state index in [1.165, 1.54) is 12.1 Å². The van der Waals surface area contributed by atoms with Crippen LogP contribution in [0.25, 0.3) is 10.9 Å². The molecule has 20 heavy (non-hydrogen) atoms. The molecule has 2 aromatic heterocycles. The molecule has 0 radical (unpaired) electrons. The van der Waals surface area contributed by atoms with Crippen LogP contribution >= 0.6 is 0 Å². The van der Waals surface area contributed by atoms with Crippen molar-refractivity contribution in [3.05, 3.63) is 58.4 Å². The van der Waals surface area contributed by atoms with Gasteiger partial charge in [0.2, 0.25) is 0 Å². The van der Waals surface area contributed by atoms with Crippen LogP contribution in [0, 0.1) is 10.1 Å². The number of non-ortho nitro benzene ring substituents is 1. The van der Waals surface area contributed by atoms with Crippen LogP contribution in [0.3, 0.4) is 0 Å². The topological polar surface area (TPSA) is 99.9 Å². The SMILES string of the molecule is Nc1ncccc1Cn1ncc2ccc([N+](=O)[O-])cc21. The van der Waals surface area contributed by atoms with Gasteiger partial charge in [0.25, 0.3) is 5.69 Å². The molecule has 100 valence electrons. The first kappa shape index (κ1) is 12.1. The van der Waals surface area contributed by atoms with Gasteiger partial charge in [0.05, 0.1) is 23.2 Å². The van der Waals surface area contributed by atoms with E-state index < -0.39 is 4.92 Å². The third kappa shape index (κ3) is 2.05. The van der Waals surface area contributed by atoms with Crippen LogP contribution in [0.15, 0.2) is 42.7 Å². The van der Waals surface area contributed by atoms with Crippen molar-refractivity contribution in [1.82, 2.24) is 14.8 Å². The van der Waals surface area contributed by atoms with Crippen LogP contribution in [-0.4, -0.2) is 19.7 Å². The molecule has 0 atom stereocenters. The molecule has 7 nitrogen and oxygen atoms in total. The molecular weight excluding hydrogens is 258 g/mol. The van der Waals surface area contributed by atoms with Crippen LogP contribution in [0.5, 0.6) is 0 Å². The molecule has 0 spiro atoms. The lowest BCUT2D eigenvalue weighted by molar-refractivity contribution is -0.384. The molecule has 3 aromatic rings. The summed E-state index contributed by atoms with van der Waals surface area (Å²) in [6.07, 6.45) is 3.29. The monoisotopic (exact) mass is 269 g/mol. The van der Waals surface area contributed by atoms with Gasteiger partial charge < -0.3 is 5.73 Å². The number of benzene rings is 1. The van der Waals surface area contributed by atoms with Gasteiger partial charge in [0, 0.05) is 29.3 Å². The number of rotatable bonds is 3. The molecule has 0 aliphatic heterocycles. The fourth-order valence-electron chi connectivity index (χ4n) is 2.04. The Morgan fingerprint density at radius 3 is 2.95 bits per heavy atom. The molecule has 0 aliphatic rings. The predicted octanol–water partition coefficient (Wildman–Crippen LogP) is 1.97. The summed E-state index contributed by atoms with van der Waals surface area (Å²) in [5.74, 6) is 0.432. The van der Waals surface area contributed by atoms with Crippen LogP contribution in [0.4, 0.5) is 11.5 Å². The molecule has 3 rings (SSSR count). The molecule has 2 N–H and O–H groups in total. The Hall–Kier alpha value is -2.96. The van der Waals surface area contributed by atoms with Gasteiger partial charge in [-0.1, -0.05) is 6.07 Å². The van der Waals surface area contributed by atoms with Crippen molar-refractivity contribution in [2.75, 3.05) is 5.73 Å². The van der Waals surface area contributed by atoms with Crippen molar-refractivity contribution < 1.29 is 4.92 Å². The first-order valence-electron chi connectivity index (χ1n) is 5.94. The molecule has 0 aliphatic carbocycles. The first-order chi connectivity index (χ1) is 9.65. The van der Waals surface area contributed by atoms with Crippen LogP contribution in [0.1, 0.15) is 5.56 Å². The van der Waals surface area contributed by atoms with E-state index in [4.69, 9.17) is 5.73 Å². The smallest absolute Gasteiger partial charge is 0.271 e. The van der Waals surface area contributed by atoms with Crippen molar-refractivity contribution >= 4 is 22.4 Å². The molecule has 1 aromatic carbocycles. The molecule has 0 bridgehead atoms. The van der Waals surface area contributed by atoms with Crippen LogP contribution in [-0.2, 0) is 6.54 Å². The fraction of sp³-hybridized carbons (Fsp3) is 0.0769. The largest absolute Gasteiger partial charge is 0.383 e. The second-order valence-corrected chi connectivity index (χ2v) is 4.35. The summed E-state index contributed by atoms with van der Waals surface area (Å²) in [5, 5.41) is 15.9. The lowest BCUT2D eigenvalue weighted by atomic mass is 10.2. The van der Waals surface area contributed by atoms with E-state index in [-0.39, 0.29) is 5.69 Å². The summed E-state index contributed by atoms with van der Waals surface area (Å²) in [7, 11) is 0. The number of nitrogens with two attached hydrogens (primary N) is 1. The lowest BCUT2D eigenvalue weighted by Crippen LogP contribution is -2.05. The van der Waals surface area contributed by atoms with E-state index in [9.17, 15) is 10.1 Å². The van der Waals surface area contributed by atoms with Crippen LogP contribution in [0.2, 0.25) is 0 Å². The summed E-state index contributed by atoms with van der Waals surface area (Å²) in [6.45, 7) is 0.421. The Morgan fingerprint density at radius 2 is 2.20 bits per heavy atom. The Labute approximate surface area is 113 Å². The maximum absolute atomic E-state index is 10.8. The Balaban J connectivity index is 2.06. The first-order valence-corrected chi connectivity index (χ1v) is 5.94. The van der Waals surface area contributed by atoms with Gasteiger partial charge in [-0.25, -0.2) is 4.98 Å². The van der Waals surface area contributed by atoms with Crippen molar-refractivity contribution in [3.63, 3.8) is 0 Å². The van der Waals surface area contributed by atoms with Gasteiger partial charge in [-0.3, -0.25) is 14.8 Å². The number of aromatic nitrogens is 3. The van der Waals surface area contributed by atoms with E-state index in [1.54, 1.807) is 29.2 Å². The van der Waals surface area contributed by atoms with Gasteiger partial charge in [-0.05, 0) is 12.1 Å². The average molecular weight is 269 g/mol. The van der Waals surface area contributed by atoms with Crippen molar-refractivity contribution in [3.8, 4) is 0 Å². The van der Waals surface area contributed by atoms with Crippen LogP contribution < -0.4 is 5.73 Å². The minimum atomic E-state index is -0.421. The molecule has 0 saturated carbocycles. The highest BCUT2D eigenvalue weighted by atomic mass is 16.6. The van der Waals surface area contributed by atoms with Crippen molar-refractivity contribution in [1.29, 1.82) is 0 Å². The summed E-state index contributed by atoms with van der Waals surface area (Å²) in [4.78, 5) is 14.4. The zero-order valence-corrected chi connectivity index (χ0v) is 10.4. The molecule has 2 heterocycles. The minimum absolute atomic E-state index is 0.0402. The van der Waals surface area contributed by atoms with E-state index in [0.29, 0.717) is 17.9 Å². The molecule has 0 saturated heterocycles. The number of hydrogen-bond acceptors (Lipinski definition) is 5. The Bertz CT molecular complexity index is 796. The normalized spacial score (nSPS) is 10.8. The zero-order valence-electron chi connectivity index (χ0n) is 10.4. The van der Waals surface area contributed by atoms with E-state index in [1.807, 2.05) is 6.07 Å². The third-order valence-corrected chi connectivity index (χ3v) is 3.09. The standard InChI is InChI=1S/C13H11N5O2/c14-13-10(2-1-5-15-13)8-17-12-6-11(18(19)20)4-3-9(12)7-16-17/h1-7H,8H2,(H2,14,15). The van der Waals surface area contributed by atoms with Gasteiger partial charge in [0.15, 0.2) is 0 Å². The highest BCUT2D eigenvalue weighted by Gasteiger charge is 2.11. The minimum Gasteiger partial charge on any atom is -0.383 e. The highest BCUT2D eigenvalue weighted by Crippen LogP contribution is 2.21. The maximum atomic E-state index is 10.8. The van der Waals surface area contributed by atoms with Gasteiger partial charge >= 0.3 is 0 Å². The predicted molar refractivity (Wildman–Crippen MR) is 74.1 cm³/mol. The van der Waals surface area contributed by atoms with Gasteiger partial charge in [-0.15, -0.1) is 0 Å². The Morgan fingerprint density at radius 1 is 1.35 bits per heavy atom. The number of nitro benzene ring substituents is 1. The second kappa shape index (κ2) is 4.61. The maximum Gasteiger partial charge on any atom is 0.271 e. The molecule has 7 heteroatoms. The Kier molecular flexibility index (Phi) is 2.79. The van der Waals surface area contributed by atoms with E-state index in [0.717, 1.165) is 10.9 Å². The molecule has 0 fully saturated rings. The van der Waals surface area contributed by atoms with E-state index in [2.05, 4.69) is 10.1 Å². The number of pyridine rings is 1. The molecule has 0 unspecified atom stereocenters. The number of hydrogen-bond donors (Lipinski definition) is 1. The summed E-state index contributed by atoms with van der Waals surface area (Å²) in [5.41, 5.74) is 7.36. The number of nitrogen functional groups attached to an aromatic ring is 1. The zero-order chi connectivity index (χ0) is 14.1. The highest BCUT2D eigenvalue weighted by molar-refractivity contribution is 5.81. The molecule has 0 amide bonds. The average Bonchev–Trinajstić information content (AvgIpc) is 2.84. The third-order valence-electron chi connectivity index (χ3n) is 3.09. The second-order valence-electron chi connectivity index (χ2n) is 4.35. The van der Waals surface area contributed by atoms with Gasteiger partial charge in [0.1, 0.15) is 5.82 Å². The summed E-state index contributed by atoms with van der Waals surface area (Å²) in [6, 6.07) is 8.30. The lowest BCUT2D eigenvalue weighted by Gasteiger charge is -2.05. The quantitative estimate of drug-likeness (QED) is 0.578. The van der Waals surface area contributed by atoms with E-state index >= 15 is 0 Å². The number of nitrogens with zero attached hydrogens (tertiary/aromatic N) is 4. The fourth-order valence-corrected chi connectivity index (χ4v) is 2.04. The summed E-state index contributed by atoms with van der Waals surface area (Å²) >= 11 is 0. The van der Waals surface area contributed by atoms with Crippen molar-refractivity contribution in [2.45, 2.75) is 6.54 Å². The summed E-state index contributed by atoms with van der Waals surface area (Å²) < 4.78 is 1.68. The van der Waals surface area contributed by atoms with Crippen molar-refractivity contribution in [2.24, 2.45) is 0 Å². The number of nitro groups is 1. The van der Waals surface area contributed by atoms with Gasteiger partial charge in [-0.2, -0.15) is 5.10 Å². The molecular formula is C13H11N5O2. The number of fused-ring (bicyclic) bond motifs is 1. The number of anilines is 1.